The summed E-state index contributed by atoms with van der Waals surface area (Å²) in [4.78, 5) is 0. The molecule has 0 amide bonds. The van der Waals surface area contributed by atoms with Crippen molar-refractivity contribution >= 4 is 49.9 Å². The Hall–Kier alpha value is -6.07. The van der Waals surface area contributed by atoms with E-state index in [1.165, 1.54) is 22.6 Å². The Kier molecular flexibility index (Phi) is 10.7. The van der Waals surface area contributed by atoms with Crippen molar-refractivity contribution in [3.8, 4) is 5.69 Å². The van der Waals surface area contributed by atoms with Gasteiger partial charge in [0.05, 0.1) is 11.0 Å². The summed E-state index contributed by atoms with van der Waals surface area (Å²) >= 11 is 0. The van der Waals surface area contributed by atoms with Crippen LogP contribution in [0, 0.1) is 5.41 Å². The maximum atomic E-state index is 8.09. The molecular formula is C43H43N5. The van der Waals surface area contributed by atoms with Crippen molar-refractivity contribution in [2.45, 2.75) is 20.3 Å². The minimum absolute atomic E-state index is 0.600. The first-order valence-corrected chi connectivity index (χ1v) is 16.1. The molecule has 48 heavy (non-hydrogen) atoms. The smallest absolute Gasteiger partial charge is 0.0619 e. The van der Waals surface area contributed by atoms with Gasteiger partial charge in [-0.2, -0.15) is 0 Å². The van der Waals surface area contributed by atoms with Crippen molar-refractivity contribution in [2.24, 2.45) is 11.5 Å². The fourth-order valence-electron chi connectivity index (χ4n) is 5.92. The molecule has 0 radical (unpaired) electrons. The standard InChI is InChI=1S/C40H37N5.C3H6/c1-3-38(43)27(2)21-33(25-42)29-14-17-35-31(22-29)16-19-37-36-18-15-30(32(24-41)11-7-9-28-10-8-20-44-26-28)23-39(36)45(40(35)37)34-12-5-4-6-13-34;1-3-2/h3-8,10-19,21-26,42,44H,2,9,20,41,43H2,1H3;3H,1H2,2H3/b11-7-,32-24+,33-21+,38-3-,42-25?;. The van der Waals surface area contributed by atoms with Crippen molar-refractivity contribution in [3.05, 3.63) is 175 Å². The zero-order chi connectivity index (χ0) is 34.0. The number of benzene rings is 4. The molecule has 0 atom stereocenters. The Balaban J connectivity index is 0.00000145. The fourth-order valence-corrected chi connectivity index (χ4v) is 5.92. The number of fused-ring (bicyclic) bond motifs is 5. The van der Waals surface area contributed by atoms with Crippen LogP contribution in [0.15, 0.2) is 164 Å². The fraction of sp³-hybridized carbons (Fsp3) is 0.0930. The van der Waals surface area contributed by atoms with E-state index < -0.39 is 0 Å². The molecule has 4 aromatic carbocycles. The van der Waals surface area contributed by atoms with Gasteiger partial charge in [-0.1, -0.05) is 97.6 Å². The Morgan fingerprint density at radius 3 is 2.31 bits per heavy atom. The van der Waals surface area contributed by atoms with Crippen molar-refractivity contribution in [3.63, 3.8) is 0 Å². The first kappa shape index (κ1) is 33.3. The number of hydrogen-bond acceptors (Lipinski definition) is 4. The molecule has 5 nitrogen and oxygen atoms in total. The second-order valence-electron chi connectivity index (χ2n) is 11.5. The number of rotatable bonds is 9. The number of allylic oxidation sites excluding steroid dienone is 9. The SMILES string of the molecule is C=C(/C=C(\C=N)c1ccc2c(ccc3c4ccc(C(/C=C\CC5=CNCC=C5)=C/N)cc4n(-c4ccccc4)c23)c1)/C(N)=C/C.C=CC. The van der Waals surface area contributed by atoms with Gasteiger partial charge in [-0.15, -0.1) is 6.58 Å². The van der Waals surface area contributed by atoms with Crippen molar-refractivity contribution in [1.82, 2.24) is 9.88 Å². The third kappa shape index (κ3) is 7.01. The highest BCUT2D eigenvalue weighted by Gasteiger charge is 2.17. The van der Waals surface area contributed by atoms with E-state index in [1.807, 2.05) is 32.1 Å². The second-order valence-corrected chi connectivity index (χ2v) is 11.5. The molecule has 5 heteroatoms. The monoisotopic (exact) mass is 629 g/mol. The maximum Gasteiger partial charge on any atom is 0.0619 e. The van der Waals surface area contributed by atoms with Crippen LogP contribution in [0.3, 0.4) is 0 Å². The average Bonchev–Trinajstić information content (AvgIpc) is 3.47. The van der Waals surface area contributed by atoms with Crippen LogP contribution in [0.25, 0.3) is 49.4 Å². The molecule has 1 aromatic heterocycles. The maximum absolute atomic E-state index is 8.09. The topological polar surface area (TPSA) is 92.9 Å². The van der Waals surface area contributed by atoms with Crippen LogP contribution < -0.4 is 16.8 Å². The highest BCUT2D eigenvalue weighted by atomic mass is 15.0. The number of para-hydroxylation sites is 1. The summed E-state index contributed by atoms with van der Waals surface area (Å²) in [5.41, 5.74) is 21.8. The van der Waals surface area contributed by atoms with Crippen molar-refractivity contribution < 1.29 is 0 Å². The normalized spacial score (nSPS) is 13.7. The minimum atomic E-state index is 0.600. The number of nitrogens with two attached hydrogens (primary N) is 2. The second kappa shape index (κ2) is 15.5. The zero-order valence-electron chi connectivity index (χ0n) is 27.7. The van der Waals surface area contributed by atoms with E-state index in [0.29, 0.717) is 11.3 Å². The Labute approximate surface area is 283 Å². The molecule has 0 fully saturated rings. The number of nitrogens with zero attached hydrogens (tertiary/aromatic N) is 1. The summed E-state index contributed by atoms with van der Waals surface area (Å²) in [5, 5.41) is 15.9. The molecule has 0 aliphatic carbocycles. The van der Waals surface area contributed by atoms with E-state index >= 15 is 0 Å². The summed E-state index contributed by atoms with van der Waals surface area (Å²) < 4.78 is 2.35. The quantitative estimate of drug-likeness (QED) is 0.0743. The lowest BCUT2D eigenvalue weighted by molar-refractivity contribution is 0.944. The average molecular weight is 630 g/mol. The predicted molar refractivity (Wildman–Crippen MR) is 209 cm³/mol. The van der Waals surface area contributed by atoms with Gasteiger partial charge in [-0.3, -0.25) is 0 Å². The number of dihydropyridines is 1. The number of hydrogen-bond donors (Lipinski definition) is 4. The Morgan fingerprint density at radius 2 is 1.65 bits per heavy atom. The molecule has 1 aliphatic heterocycles. The van der Waals surface area contributed by atoms with Gasteiger partial charge < -0.3 is 26.8 Å². The molecule has 0 bridgehead atoms. The van der Waals surface area contributed by atoms with Gasteiger partial charge >= 0.3 is 0 Å². The lowest BCUT2D eigenvalue weighted by atomic mass is 9.98. The van der Waals surface area contributed by atoms with Crippen LogP contribution in [0.4, 0.5) is 0 Å². The van der Waals surface area contributed by atoms with Crippen LogP contribution in [0.5, 0.6) is 0 Å². The van der Waals surface area contributed by atoms with E-state index in [2.05, 4.69) is 126 Å². The summed E-state index contributed by atoms with van der Waals surface area (Å²) in [6, 6.07) is 27.8. The minimum Gasteiger partial charge on any atom is -0.404 e. The molecular weight excluding hydrogens is 587 g/mol. The predicted octanol–water partition coefficient (Wildman–Crippen LogP) is 9.87. The van der Waals surface area contributed by atoms with Gasteiger partial charge in [0.15, 0.2) is 0 Å². The molecule has 2 heterocycles. The molecule has 6 N–H and O–H groups in total. The summed E-state index contributed by atoms with van der Waals surface area (Å²) in [6.45, 7) is 12.1. The molecule has 6 rings (SSSR count). The van der Waals surface area contributed by atoms with Crippen molar-refractivity contribution in [2.75, 3.05) is 6.54 Å². The summed E-state index contributed by atoms with van der Waals surface area (Å²) in [7, 11) is 0. The van der Waals surface area contributed by atoms with E-state index in [4.69, 9.17) is 16.9 Å². The largest absolute Gasteiger partial charge is 0.404 e. The van der Waals surface area contributed by atoms with Crippen LogP contribution in [0.2, 0.25) is 0 Å². The molecule has 0 unspecified atom stereocenters. The van der Waals surface area contributed by atoms with E-state index in [-0.39, 0.29) is 0 Å². The van der Waals surface area contributed by atoms with E-state index in [9.17, 15) is 0 Å². The highest BCUT2D eigenvalue weighted by Crippen LogP contribution is 2.38. The van der Waals surface area contributed by atoms with Gasteiger partial charge in [0.25, 0.3) is 0 Å². The van der Waals surface area contributed by atoms with Gasteiger partial charge in [0.2, 0.25) is 0 Å². The van der Waals surface area contributed by atoms with Gasteiger partial charge in [0, 0.05) is 52.7 Å². The van der Waals surface area contributed by atoms with Crippen LogP contribution in [-0.4, -0.2) is 17.3 Å². The summed E-state index contributed by atoms with van der Waals surface area (Å²) in [6.07, 6.45) is 19.9. The lowest BCUT2D eigenvalue weighted by Gasteiger charge is -2.12. The van der Waals surface area contributed by atoms with Crippen LogP contribution in [0.1, 0.15) is 31.4 Å². The van der Waals surface area contributed by atoms with E-state index in [1.54, 1.807) is 12.3 Å². The van der Waals surface area contributed by atoms with Gasteiger partial charge in [-0.25, -0.2) is 0 Å². The third-order valence-corrected chi connectivity index (χ3v) is 8.28. The molecule has 1 aliphatic rings. The zero-order valence-corrected chi connectivity index (χ0v) is 27.7. The first-order valence-electron chi connectivity index (χ1n) is 16.1. The number of aromatic nitrogens is 1. The van der Waals surface area contributed by atoms with Gasteiger partial charge in [-0.05, 0) is 89.4 Å². The summed E-state index contributed by atoms with van der Waals surface area (Å²) in [5.74, 6) is 0. The first-order chi connectivity index (χ1) is 23.4. The molecule has 0 saturated carbocycles. The lowest BCUT2D eigenvalue weighted by Crippen LogP contribution is -2.08. The Bertz CT molecular complexity index is 2180. The molecule has 5 aromatic rings. The molecule has 0 saturated heterocycles. The highest BCUT2D eigenvalue weighted by molar-refractivity contribution is 6.20. The third-order valence-electron chi connectivity index (χ3n) is 8.28. The molecule has 240 valence electrons. The van der Waals surface area contributed by atoms with Crippen LogP contribution >= 0.6 is 0 Å². The van der Waals surface area contributed by atoms with Crippen molar-refractivity contribution in [1.29, 1.82) is 5.41 Å². The molecule has 0 spiro atoms. The van der Waals surface area contributed by atoms with E-state index in [0.717, 1.165) is 62.7 Å². The van der Waals surface area contributed by atoms with Crippen LogP contribution in [-0.2, 0) is 0 Å². The number of nitrogens with one attached hydrogen (secondary N) is 2. The van der Waals surface area contributed by atoms with Gasteiger partial charge in [0.1, 0.15) is 0 Å². The Morgan fingerprint density at radius 1 is 0.938 bits per heavy atom.